The molecule has 0 spiro atoms. The zero-order valence-corrected chi connectivity index (χ0v) is 52.5. The molecule has 0 aliphatic carbocycles. The number of quaternary nitrogens is 1. The number of hydrogen-bond acceptors (Lipinski definition) is 17. The van der Waals surface area contributed by atoms with Crippen LogP contribution < -0.4 is 9.64 Å². The van der Waals surface area contributed by atoms with E-state index in [0.717, 1.165) is 64.8 Å². The van der Waals surface area contributed by atoms with Crippen molar-refractivity contribution in [1.29, 1.82) is 0 Å². The van der Waals surface area contributed by atoms with Crippen LogP contribution in [0.3, 0.4) is 0 Å². The highest BCUT2D eigenvalue weighted by Crippen LogP contribution is 2.33. The van der Waals surface area contributed by atoms with Gasteiger partial charge in [-0.25, -0.2) is 17.2 Å². The van der Waals surface area contributed by atoms with Gasteiger partial charge in [0.1, 0.15) is 34.6 Å². The van der Waals surface area contributed by atoms with Gasteiger partial charge in [-0.1, -0.05) is 47.5 Å². The Morgan fingerprint density at radius 3 is 1.36 bits per heavy atom. The van der Waals surface area contributed by atoms with Crippen LogP contribution in [0.2, 0.25) is 38.3 Å². The number of nitrogens with one attached hydrogen (secondary N) is 1. The van der Waals surface area contributed by atoms with E-state index in [4.69, 9.17) is 51.5 Å². The molecule has 0 amide bonds. The van der Waals surface area contributed by atoms with E-state index in [1.807, 2.05) is 20.8 Å². The minimum absolute atomic E-state index is 0.0759. The quantitative estimate of drug-likeness (QED) is 0.0125. The SMILES string of the molecule is CCC(C)C(=O)Oc1c(F)c(F)c(S(=O)(=O)[O-])c(F)c1F.CCC(C)OCCOCCOC.CCCC[Si](C)(C)O[Si](C)(C)CCCOC(=O)C(C)(C)CC.COCCOCC[NH+](CCOCCOC)CCOCCOC. The summed E-state index contributed by atoms with van der Waals surface area (Å²) in [5.41, 5.74) is -0.363. The lowest BCUT2D eigenvalue weighted by Gasteiger charge is -2.34. The van der Waals surface area contributed by atoms with E-state index < -0.39 is 72.6 Å². The van der Waals surface area contributed by atoms with Gasteiger partial charge < -0.3 is 65.7 Å². The lowest BCUT2D eigenvalue weighted by molar-refractivity contribution is -0.901. The summed E-state index contributed by atoms with van der Waals surface area (Å²) >= 11 is 0. The van der Waals surface area contributed by atoms with Crippen LogP contribution in [0.15, 0.2) is 4.90 Å². The van der Waals surface area contributed by atoms with Crippen molar-refractivity contribution in [2.45, 2.75) is 143 Å². The van der Waals surface area contributed by atoms with Crippen molar-refractivity contribution in [2.24, 2.45) is 11.3 Å². The molecule has 1 N–H and O–H groups in total. The second-order valence-electron chi connectivity index (χ2n) is 19.8. The van der Waals surface area contributed by atoms with E-state index >= 15 is 0 Å². The van der Waals surface area contributed by atoms with E-state index in [1.165, 1.54) is 30.7 Å². The third-order valence-electron chi connectivity index (χ3n) is 11.7. The van der Waals surface area contributed by atoms with Gasteiger partial charge in [-0.15, -0.1) is 0 Å². The molecule has 1 rings (SSSR count). The summed E-state index contributed by atoms with van der Waals surface area (Å²) in [6.07, 6.45) is 5.86. The lowest BCUT2D eigenvalue weighted by Crippen LogP contribution is -3.13. The molecule has 18 nitrogen and oxygen atoms in total. The number of methoxy groups -OCH3 is 4. The predicted octanol–water partition coefficient (Wildman–Crippen LogP) is 8.01. The van der Waals surface area contributed by atoms with Crippen LogP contribution in [-0.4, -0.2) is 188 Å². The summed E-state index contributed by atoms with van der Waals surface area (Å²) in [6, 6.07) is 2.31. The number of carbonyl (C=O) groups excluding carboxylic acids is 2. The third kappa shape index (κ3) is 40.6. The molecule has 2 unspecified atom stereocenters. The summed E-state index contributed by atoms with van der Waals surface area (Å²) in [4.78, 5) is 22.4. The molecule has 0 fully saturated rings. The highest BCUT2D eigenvalue weighted by molar-refractivity contribution is 7.85. The minimum atomic E-state index is -5.80. The van der Waals surface area contributed by atoms with Gasteiger partial charge in [-0.3, -0.25) is 9.59 Å². The first kappa shape index (κ1) is 79.0. The van der Waals surface area contributed by atoms with Gasteiger partial charge in [0.15, 0.2) is 28.3 Å². The maximum atomic E-state index is 13.5. The fourth-order valence-corrected chi connectivity index (χ4v) is 15.8. The first-order chi connectivity index (χ1) is 36.1. The summed E-state index contributed by atoms with van der Waals surface area (Å²) in [5.74, 6) is -13.3. The van der Waals surface area contributed by atoms with Crippen LogP contribution in [0.25, 0.3) is 0 Å². The molecule has 1 aromatic carbocycles. The van der Waals surface area contributed by atoms with Crippen molar-refractivity contribution in [3.05, 3.63) is 23.3 Å². The average molecular weight is 1180 g/mol. The topological polar surface area (TPSA) is 207 Å². The molecule has 0 heterocycles. The van der Waals surface area contributed by atoms with E-state index in [0.29, 0.717) is 78.8 Å². The maximum absolute atomic E-state index is 13.5. The van der Waals surface area contributed by atoms with E-state index in [-0.39, 0.29) is 17.8 Å². The zero-order valence-electron chi connectivity index (χ0n) is 49.7. The van der Waals surface area contributed by atoms with Crippen molar-refractivity contribution < 1.29 is 101 Å². The number of carbonyl (C=O) groups is 2. The van der Waals surface area contributed by atoms with Crippen LogP contribution >= 0.6 is 0 Å². The van der Waals surface area contributed by atoms with Crippen LogP contribution in [0.4, 0.5) is 17.6 Å². The van der Waals surface area contributed by atoms with Gasteiger partial charge in [0.2, 0.25) is 17.4 Å². The number of benzene rings is 1. The largest absolute Gasteiger partial charge is 0.744 e. The Morgan fingerprint density at radius 2 is 1.00 bits per heavy atom. The molecule has 0 aromatic heterocycles. The second kappa shape index (κ2) is 46.4. The Kier molecular flexibility index (Phi) is 47.6. The van der Waals surface area contributed by atoms with E-state index in [9.17, 15) is 40.1 Å². The molecule has 1 aromatic rings. The van der Waals surface area contributed by atoms with Gasteiger partial charge >= 0.3 is 11.9 Å². The van der Waals surface area contributed by atoms with Crippen molar-refractivity contribution >= 4 is 38.7 Å². The molecule has 0 aliphatic heterocycles. The molecule has 2 atom stereocenters. The summed E-state index contributed by atoms with van der Waals surface area (Å²) in [6.45, 7) is 36.4. The minimum Gasteiger partial charge on any atom is -0.744 e. The summed E-state index contributed by atoms with van der Waals surface area (Å²) < 4.78 is 149. The Balaban J connectivity index is -0.000000968. The average Bonchev–Trinajstić information content (AvgIpc) is 3.37. The highest BCUT2D eigenvalue weighted by atomic mass is 32.2. The standard InChI is InChI=1S/C17H38O3Si2.C15H33NO6.C11H10F4O5S.C9H20O3/c1-9-11-14-21(5,6)20-22(7,8)15-12-13-19-16(18)17(3,4)10-2;1-17-10-13-20-7-4-16(5-8-21-14-11-18-2)6-9-22-15-12-19-3;1-3-4(2)11(16)20-9-5(12)7(14)10(21(17,18)19)8(15)6(9)13;1-4-9(2)12-8-7-11-6-5-10-3/h9-15H2,1-8H3;4-15H2,1-3H3;4H,3H2,1-2H3,(H,17,18,19);9H,4-8H2,1-3H3. The number of hydrogen-bond donors (Lipinski definition) is 1. The Morgan fingerprint density at radius 1 is 0.597 bits per heavy atom. The second-order valence-corrected chi connectivity index (χ2v) is 30.0. The fourth-order valence-electron chi connectivity index (χ4n) is 6.15. The molecule has 0 aliphatic rings. The molecule has 25 heteroatoms. The third-order valence-corrected chi connectivity index (χ3v) is 20.1. The van der Waals surface area contributed by atoms with Crippen LogP contribution in [0, 0.1) is 34.6 Å². The van der Waals surface area contributed by atoms with Gasteiger partial charge in [0.05, 0.1) is 110 Å². The normalized spacial score (nSPS) is 12.7. The zero-order chi connectivity index (χ0) is 59.5. The Bertz CT molecular complexity index is 1710. The van der Waals surface area contributed by atoms with E-state index in [1.54, 1.807) is 35.4 Å². The number of ether oxygens (including phenoxy) is 11. The van der Waals surface area contributed by atoms with Crippen molar-refractivity contribution in [1.82, 2.24) is 0 Å². The number of esters is 2. The lowest BCUT2D eigenvalue weighted by atomic mass is 9.91. The number of halogens is 4. The van der Waals surface area contributed by atoms with Gasteiger partial charge in [0, 0.05) is 28.4 Å². The first-order valence-electron chi connectivity index (χ1n) is 26.8. The van der Waals surface area contributed by atoms with Crippen LogP contribution in [-0.2, 0) is 71.2 Å². The number of unbranched alkanes of at least 4 members (excludes halogenated alkanes) is 1. The molecule has 77 heavy (non-hydrogen) atoms. The van der Waals surface area contributed by atoms with Crippen molar-refractivity contribution in [3.63, 3.8) is 0 Å². The smallest absolute Gasteiger partial charge is 0.314 e. The van der Waals surface area contributed by atoms with Crippen LogP contribution in [0.1, 0.15) is 93.9 Å². The molecular weight excluding hydrogens is 1070 g/mol. The summed E-state index contributed by atoms with van der Waals surface area (Å²) in [7, 11) is -2.27. The van der Waals surface area contributed by atoms with Gasteiger partial charge in [-0.2, -0.15) is 8.78 Å². The molecule has 0 saturated carbocycles. The monoisotopic (exact) mass is 1180 g/mol. The predicted molar refractivity (Wildman–Crippen MR) is 292 cm³/mol. The fraction of sp³-hybridized carbons (Fsp3) is 0.846. The van der Waals surface area contributed by atoms with E-state index in [2.05, 4.69) is 51.7 Å². The van der Waals surface area contributed by atoms with Gasteiger partial charge in [-0.05, 0) is 84.7 Å². The maximum Gasteiger partial charge on any atom is 0.314 e. The Hall–Kier alpha value is -2.22. The molecule has 0 radical (unpaired) electrons. The van der Waals surface area contributed by atoms with Crippen LogP contribution in [0.5, 0.6) is 5.75 Å². The van der Waals surface area contributed by atoms with Crippen molar-refractivity contribution in [2.75, 3.05) is 141 Å². The van der Waals surface area contributed by atoms with Crippen molar-refractivity contribution in [3.8, 4) is 5.75 Å². The highest BCUT2D eigenvalue weighted by Gasteiger charge is 2.34. The Labute approximate surface area is 462 Å². The molecule has 458 valence electrons. The molecule has 0 bridgehead atoms. The van der Waals surface area contributed by atoms with Gasteiger partial charge in [0.25, 0.3) is 0 Å². The first-order valence-corrected chi connectivity index (χ1v) is 34.4. The summed E-state index contributed by atoms with van der Waals surface area (Å²) in [5, 5.41) is 0. The molecular formula is C52H101F4NO17SSi2. The molecule has 0 saturated heterocycles. The number of rotatable bonds is 41.